The first-order valence-corrected chi connectivity index (χ1v) is 7.38. The monoisotopic (exact) mass is 286 g/mol. The number of piperazine rings is 1. The molecule has 1 aromatic rings. The minimum Gasteiger partial charge on any atom is -0.339 e. The van der Waals surface area contributed by atoms with E-state index in [1.165, 1.54) is 0 Å². The summed E-state index contributed by atoms with van der Waals surface area (Å²) in [5, 5.41) is 8.59. The largest absolute Gasteiger partial charge is 0.339 e. The molecule has 1 saturated heterocycles. The van der Waals surface area contributed by atoms with E-state index in [9.17, 15) is 4.79 Å². The van der Waals surface area contributed by atoms with Crippen molar-refractivity contribution in [1.29, 1.82) is 5.26 Å². The summed E-state index contributed by atoms with van der Waals surface area (Å²) in [5.41, 5.74) is 7.14. The molecule has 2 N–H and O–H groups in total. The highest BCUT2D eigenvalue weighted by atomic mass is 16.2. The van der Waals surface area contributed by atoms with Gasteiger partial charge in [-0.1, -0.05) is 30.3 Å². The highest BCUT2D eigenvalue weighted by Crippen LogP contribution is 2.07. The molecule has 1 fully saturated rings. The van der Waals surface area contributed by atoms with E-state index in [0.29, 0.717) is 25.9 Å². The van der Waals surface area contributed by atoms with Gasteiger partial charge in [0, 0.05) is 39.1 Å². The normalized spacial score (nSPS) is 17.2. The van der Waals surface area contributed by atoms with Crippen LogP contribution in [0.4, 0.5) is 0 Å². The molecule has 0 radical (unpaired) electrons. The summed E-state index contributed by atoms with van der Waals surface area (Å²) < 4.78 is 0. The van der Waals surface area contributed by atoms with Crippen LogP contribution in [0.3, 0.4) is 0 Å². The number of nitrogens with zero attached hydrogens (tertiary/aromatic N) is 3. The lowest BCUT2D eigenvalue weighted by Crippen LogP contribution is -2.53. The van der Waals surface area contributed by atoms with Crippen molar-refractivity contribution in [1.82, 2.24) is 9.80 Å². The van der Waals surface area contributed by atoms with Crippen molar-refractivity contribution in [2.45, 2.75) is 18.9 Å². The molecule has 1 amide bonds. The molecule has 1 aliphatic rings. The van der Waals surface area contributed by atoms with Crippen molar-refractivity contribution in [2.24, 2.45) is 5.73 Å². The molecule has 1 atom stereocenters. The fraction of sp³-hybridized carbons (Fsp3) is 0.500. The van der Waals surface area contributed by atoms with Crippen LogP contribution in [0, 0.1) is 11.3 Å². The minimum atomic E-state index is -0.474. The Kier molecular flexibility index (Phi) is 5.73. The molecule has 112 valence electrons. The Labute approximate surface area is 125 Å². The standard InChI is InChI=1S/C16H22N4O/c17-7-4-8-19-9-11-20(12-10-19)16(21)15(18)13-14-5-2-1-3-6-14/h1-3,5-6,15H,4,8-13,18H2/t15-/m1/s1. The van der Waals surface area contributed by atoms with Crippen molar-refractivity contribution < 1.29 is 4.79 Å². The molecule has 2 rings (SSSR count). The summed E-state index contributed by atoms with van der Waals surface area (Å²) in [6.45, 7) is 3.84. The summed E-state index contributed by atoms with van der Waals surface area (Å²) in [6, 6.07) is 11.5. The fourth-order valence-corrected chi connectivity index (χ4v) is 2.59. The molecular weight excluding hydrogens is 264 g/mol. The Morgan fingerprint density at radius 1 is 1.24 bits per heavy atom. The van der Waals surface area contributed by atoms with Gasteiger partial charge in [-0.05, 0) is 12.0 Å². The van der Waals surface area contributed by atoms with Gasteiger partial charge in [0.05, 0.1) is 12.1 Å². The van der Waals surface area contributed by atoms with E-state index in [-0.39, 0.29) is 5.91 Å². The van der Waals surface area contributed by atoms with Gasteiger partial charge in [-0.25, -0.2) is 0 Å². The number of carbonyl (C=O) groups excluding carboxylic acids is 1. The van der Waals surface area contributed by atoms with Crippen LogP contribution < -0.4 is 5.73 Å². The molecule has 1 aliphatic heterocycles. The molecule has 1 heterocycles. The molecule has 0 spiro atoms. The summed E-state index contributed by atoms with van der Waals surface area (Å²) >= 11 is 0. The van der Waals surface area contributed by atoms with E-state index < -0.39 is 6.04 Å². The smallest absolute Gasteiger partial charge is 0.239 e. The van der Waals surface area contributed by atoms with Crippen molar-refractivity contribution in [2.75, 3.05) is 32.7 Å². The van der Waals surface area contributed by atoms with E-state index in [1.807, 2.05) is 35.2 Å². The first kappa shape index (κ1) is 15.5. The number of rotatable bonds is 5. The highest BCUT2D eigenvalue weighted by Gasteiger charge is 2.25. The summed E-state index contributed by atoms with van der Waals surface area (Å²) in [4.78, 5) is 16.4. The summed E-state index contributed by atoms with van der Waals surface area (Å²) in [5.74, 6) is 0.0267. The van der Waals surface area contributed by atoms with Gasteiger partial charge in [0.1, 0.15) is 0 Å². The molecule has 5 heteroatoms. The zero-order valence-corrected chi connectivity index (χ0v) is 12.2. The second kappa shape index (κ2) is 7.77. The number of hydrogen-bond acceptors (Lipinski definition) is 4. The maximum Gasteiger partial charge on any atom is 0.239 e. The molecule has 0 aromatic heterocycles. The molecule has 21 heavy (non-hydrogen) atoms. The topological polar surface area (TPSA) is 73.4 Å². The van der Waals surface area contributed by atoms with Crippen LogP contribution in [0.15, 0.2) is 30.3 Å². The van der Waals surface area contributed by atoms with Gasteiger partial charge in [0.25, 0.3) is 0 Å². The maximum absolute atomic E-state index is 12.4. The van der Waals surface area contributed by atoms with Gasteiger partial charge < -0.3 is 10.6 Å². The van der Waals surface area contributed by atoms with Crippen molar-refractivity contribution >= 4 is 5.91 Å². The third-order valence-corrected chi connectivity index (χ3v) is 3.84. The van der Waals surface area contributed by atoms with Gasteiger partial charge in [-0.15, -0.1) is 0 Å². The van der Waals surface area contributed by atoms with E-state index >= 15 is 0 Å². The van der Waals surface area contributed by atoms with Gasteiger partial charge in [0.15, 0.2) is 0 Å². The van der Waals surface area contributed by atoms with Gasteiger partial charge >= 0.3 is 0 Å². The Bertz CT molecular complexity index is 489. The van der Waals surface area contributed by atoms with Crippen LogP contribution in [0.5, 0.6) is 0 Å². The van der Waals surface area contributed by atoms with E-state index in [0.717, 1.165) is 25.2 Å². The number of carbonyl (C=O) groups is 1. The predicted octanol–water partition coefficient (Wildman–Crippen LogP) is 0.614. The number of nitrogens with two attached hydrogens (primary N) is 1. The number of amides is 1. The Morgan fingerprint density at radius 2 is 1.90 bits per heavy atom. The number of benzene rings is 1. The van der Waals surface area contributed by atoms with Crippen molar-refractivity contribution in [3.05, 3.63) is 35.9 Å². The van der Waals surface area contributed by atoms with Crippen molar-refractivity contribution in [3.63, 3.8) is 0 Å². The van der Waals surface area contributed by atoms with Gasteiger partial charge in [0.2, 0.25) is 5.91 Å². The lowest BCUT2D eigenvalue weighted by Gasteiger charge is -2.35. The number of nitriles is 1. The molecule has 0 saturated carbocycles. The van der Waals surface area contributed by atoms with Gasteiger partial charge in [-0.2, -0.15) is 5.26 Å². The molecule has 5 nitrogen and oxygen atoms in total. The third-order valence-electron chi connectivity index (χ3n) is 3.84. The predicted molar refractivity (Wildman–Crippen MR) is 81.4 cm³/mol. The Morgan fingerprint density at radius 3 is 2.52 bits per heavy atom. The molecule has 0 aliphatic carbocycles. The van der Waals surface area contributed by atoms with Gasteiger partial charge in [-0.3, -0.25) is 9.69 Å². The summed E-state index contributed by atoms with van der Waals surface area (Å²) in [6.07, 6.45) is 1.12. The lowest BCUT2D eigenvalue weighted by atomic mass is 10.1. The zero-order valence-electron chi connectivity index (χ0n) is 12.2. The molecule has 0 unspecified atom stereocenters. The second-order valence-electron chi connectivity index (χ2n) is 5.37. The molecular formula is C16H22N4O. The fourth-order valence-electron chi connectivity index (χ4n) is 2.59. The zero-order chi connectivity index (χ0) is 15.1. The highest BCUT2D eigenvalue weighted by molar-refractivity contribution is 5.82. The van der Waals surface area contributed by atoms with Crippen LogP contribution in [0.1, 0.15) is 12.0 Å². The van der Waals surface area contributed by atoms with Crippen LogP contribution in [-0.2, 0) is 11.2 Å². The first-order chi connectivity index (χ1) is 10.2. The summed E-state index contributed by atoms with van der Waals surface area (Å²) in [7, 11) is 0. The van der Waals surface area contributed by atoms with Crippen LogP contribution in [0.25, 0.3) is 0 Å². The first-order valence-electron chi connectivity index (χ1n) is 7.38. The van der Waals surface area contributed by atoms with Crippen LogP contribution >= 0.6 is 0 Å². The quantitative estimate of drug-likeness (QED) is 0.861. The minimum absolute atomic E-state index is 0.0267. The third kappa shape index (κ3) is 4.55. The average Bonchev–Trinajstić information content (AvgIpc) is 2.53. The molecule has 1 aromatic carbocycles. The average molecular weight is 286 g/mol. The SMILES string of the molecule is N#CCCN1CCN(C(=O)[C@H](N)Cc2ccccc2)CC1. The number of hydrogen-bond donors (Lipinski definition) is 1. The Balaban J connectivity index is 1.80. The van der Waals surface area contributed by atoms with Crippen molar-refractivity contribution in [3.8, 4) is 6.07 Å². The van der Waals surface area contributed by atoms with E-state index in [1.54, 1.807) is 0 Å². The maximum atomic E-state index is 12.4. The van der Waals surface area contributed by atoms with E-state index in [2.05, 4.69) is 11.0 Å². The second-order valence-corrected chi connectivity index (χ2v) is 5.37. The Hall–Kier alpha value is -1.90. The van der Waals surface area contributed by atoms with Crippen LogP contribution in [0.2, 0.25) is 0 Å². The van der Waals surface area contributed by atoms with E-state index in [4.69, 9.17) is 11.0 Å². The van der Waals surface area contributed by atoms with Crippen LogP contribution in [-0.4, -0.2) is 54.5 Å². The molecule has 0 bridgehead atoms. The lowest BCUT2D eigenvalue weighted by molar-refractivity contribution is -0.134.